The van der Waals surface area contributed by atoms with Gasteiger partial charge in [0.25, 0.3) is 5.91 Å². The van der Waals surface area contributed by atoms with Gasteiger partial charge < -0.3 is 10.2 Å². The van der Waals surface area contributed by atoms with Crippen molar-refractivity contribution in [3.05, 3.63) is 29.8 Å². The summed E-state index contributed by atoms with van der Waals surface area (Å²) in [4.78, 5) is 14.9. The standard InChI is InChI=1S/C18H28N2O3S/c1-3-24(22,23)17-10-5-4-9-16(17)18(21)19-11-7-13-20-12-6-8-15(2)14-20/h4-5,9-10,15H,3,6-8,11-14H2,1-2H3,(H,19,21). The minimum Gasteiger partial charge on any atom is -0.352 e. The fraction of sp³-hybridized carbons (Fsp3) is 0.611. The first-order valence-corrected chi connectivity index (χ1v) is 10.4. The number of sulfone groups is 1. The number of benzene rings is 1. The van der Waals surface area contributed by atoms with Crippen molar-refractivity contribution in [2.75, 3.05) is 31.9 Å². The first kappa shape index (κ1) is 18.9. The molecular formula is C18H28N2O3S. The number of likely N-dealkylation sites (tertiary alicyclic amines) is 1. The van der Waals surface area contributed by atoms with Gasteiger partial charge in [0, 0.05) is 13.1 Å². The molecule has 1 N–H and O–H groups in total. The van der Waals surface area contributed by atoms with E-state index in [-0.39, 0.29) is 22.1 Å². The smallest absolute Gasteiger partial charge is 0.252 e. The van der Waals surface area contributed by atoms with Gasteiger partial charge in [-0.1, -0.05) is 26.0 Å². The van der Waals surface area contributed by atoms with Crippen LogP contribution in [0.3, 0.4) is 0 Å². The van der Waals surface area contributed by atoms with E-state index in [1.165, 1.54) is 18.9 Å². The summed E-state index contributed by atoms with van der Waals surface area (Å²) in [7, 11) is -3.40. The van der Waals surface area contributed by atoms with E-state index in [0.29, 0.717) is 6.54 Å². The third kappa shape index (κ3) is 5.05. The van der Waals surface area contributed by atoms with E-state index in [1.54, 1.807) is 25.1 Å². The molecule has 0 aromatic heterocycles. The van der Waals surface area contributed by atoms with Gasteiger partial charge in [0.1, 0.15) is 0 Å². The average molecular weight is 353 g/mol. The van der Waals surface area contributed by atoms with Gasteiger partial charge in [0.2, 0.25) is 0 Å². The number of nitrogens with zero attached hydrogens (tertiary/aromatic N) is 1. The molecule has 1 aromatic carbocycles. The molecule has 1 heterocycles. The fourth-order valence-electron chi connectivity index (χ4n) is 3.17. The molecule has 1 aromatic rings. The number of nitrogens with one attached hydrogen (secondary N) is 1. The second-order valence-corrected chi connectivity index (χ2v) is 8.80. The molecule has 5 nitrogen and oxygen atoms in total. The summed E-state index contributed by atoms with van der Waals surface area (Å²) >= 11 is 0. The molecule has 2 rings (SSSR count). The molecule has 6 heteroatoms. The van der Waals surface area contributed by atoms with E-state index in [2.05, 4.69) is 17.1 Å². The Morgan fingerprint density at radius 2 is 2.08 bits per heavy atom. The van der Waals surface area contributed by atoms with Crippen LogP contribution in [0.15, 0.2) is 29.2 Å². The van der Waals surface area contributed by atoms with Crippen LogP contribution >= 0.6 is 0 Å². The Morgan fingerprint density at radius 3 is 2.79 bits per heavy atom. The molecule has 1 atom stereocenters. The number of rotatable bonds is 7. The van der Waals surface area contributed by atoms with Gasteiger partial charge in [-0.2, -0.15) is 0 Å². The van der Waals surface area contributed by atoms with Crippen LogP contribution in [0, 0.1) is 5.92 Å². The topological polar surface area (TPSA) is 66.5 Å². The van der Waals surface area contributed by atoms with Crippen LogP contribution in [0.2, 0.25) is 0 Å². The lowest BCUT2D eigenvalue weighted by atomic mass is 10.0. The number of amides is 1. The Labute approximate surface area is 145 Å². The van der Waals surface area contributed by atoms with Crippen LogP contribution in [0.1, 0.15) is 43.5 Å². The van der Waals surface area contributed by atoms with Gasteiger partial charge in [-0.15, -0.1) is 0 Å². The first-order valence-electron chi connectivity index (χ1n) is 8.76. The third-order valence-electron chi connectivity index (χ3n) is 4.52. The minimum absolute atomic E-state index is 0.00949. The zero-order valence-corrected chi connectivity index (χ0v) is 15.4. The predicted molar refractivity (Wildman–Crippen MR) is 96.0 cm³/mol. The van der Waals surface area contributed by atoms with Crippen molar-refractivity contribution in [1.82, 2.24) is 10.2 Å². The Morgan fingerprint density at radius 1 is 1.33 bits per heavy atom. The van der Waals surface area contributed by atoms with Gasteiger partial charge in [0.15, 0.2) is 9.84 Å². The number of hydrogen-bond acceptors (Lipinski definition) is 4. The van der Waals surface area contributed by atoms with Crippen molar-refractivity contribution in [3.8, 4) is 0 Å². The molecule has 0 spiro atoms. The number of piperidine rings is 1. The monoisotopic (exact) mass is 352 g/mol. The molecule has 1 amide bonds. The van der Waals surface area contributed by atoms with E-state index in [4.69, 9.17) is 0 Å². The summed E-state index contributed by atoms with van der Waals surface area (Å²) in [5, 5.41) is 2.86. The Kier molecular flexibility index (Phi) is 6.80. The lowest BCUT2D eigenvalue weighted by Crippen LogP contribution is -2.36. The number of carbonyl (C=O) groups excluding carboxylic acids is 1. The average Bonchev–Trinajstić information content (AvgIpc) is 2.58. The predicted octanol–water partition coefficient (Wildman–Crippen LogP) is 2.33. The van der Waals surface area contributed by atoms with Crippen LogP contribution in [-0.4, -0.2) is 51.2 Å². The highest BCUT2D eigenvalue weighted by atomic mass is 32.2. The molecule has 0 aliphatic carbocycles. The molecule has 1 unspecified atom stereocenters. The second-order valence-electron chi connectivity index (χ2n) is 6.56. The lowest BCUT2D eigenvalue weighted by molar-refractivity contribution is 0.0947. The van der Waals surface area contributed by atoms with Crippen molar-refractivity contribution in [1.29, 1.82) is 0 Å². The number of carbonyl (C=O) groups is 1. The molecule has 1 aliphatic heterocycles. The normalized spacial score (nSPS) is 19.2. The maximum atomic E-state index is 12.3. The van der Waals surface area contributed by atoms with Crippen molar-refractivity contribution in [3.63, 3.8) is 0 Å². The third-order valence-corrected chi connectivity index (χ3v) is 6.31. The lowest BCUT2D eigenvalue weighted by Gasteiger charge is -2.30. The molecule has 0 saturated carbocycles. The van der Waals surface area contributed by atoms with Gasteiger partial charge in [-0.3, -0.25) is 4.79 Å². The molecule has 134 valence electrons. The molecule has 0 bridgehead atoms. The van der Waals surface area contributed by atoms with Crippen LogP contribution in [0.5, 0.6) is 0 Å². The highest BCUT2D eigenvalue weighted by Gasteiger charge is 2.20. The van der Waals surface area contributed by atoms with Gasteiger partial charge in [0.05, 0.1) is 16.2 Å². The summed E-state index contributed by atoms with van der Waals surface area (Å²) in [6.07, 6.45) is 3.42. The summed E-state index contributed by atoms with van der Waals surface area (Å²) in [5.41, 5.74) is 0.242. The van der Waals surface area contributed by atoms with Gasteiger partial charge >= 0.3 is 0 Å². The zero-order chi connectivity index (χ0) is 17.6. The van der Waals surface area contributed by atoms with Crippen LogP contribution < -0.4 is 5.32 Å². The van der Waals surface area contributed by atoms with Crippen molar-refractivity contribution < 1.29 is 13.2 Å². The Balaban J connectivity index is 1.87. The molecule has 1 fully saturated rings. The van der Waals surface area contributed by atoms with E-state index < -0.39 is 9.84 Å². The largest absolute Gasteiger partial charge is 0.352 e. The van der Waals surface area contributed by atoms with E-state index in [0.717, 1.165) is 32.0 Å². The van der Waals surface area contributed by atoms with Crippen LogP contribution in [0.25, 0.3) is 0 Å². The highest BCUT2D eigenvalue weighted by Crippen LogP contribution is 2.17. The summed E-state index contributed by atoms with van der Waals surface area (Å²) in [6, 6.07) is 6.42. The maximum Gasteiger partial charge on any atom is 0.252 e. The van der Waals surface area contributed by atoms with Crippen molar-refractivity contribution in [2.24, 2.45) is 5.92 Å². The summed E-state index contributed by atoms with van der Waals surface area (Å²) in [5.74, 6) is 0.430. The summed E-state index contributed by atoms with van der Waals surface area (Å²) in [6.45, 7) is 7.66. The molecule has 0 radical (unpaired) electrons. The van der Waals surface area contributed by atoms with Crippen LogP contribution in [0.4, 0.5) is 0 Å². The van der Waals surface area contributed by atoms with Crippen LogP contribution in [-0.2, 0) is 9.84 Å². The molecular weight excluding hydrogens is 324 g/mol. The zero-order valence-electron chi connectivity index (χ0n) is 14.6. The van der Waals surface area contributed by atoms with Gasteiger partial charge in [-0.25, -0.2) is 8.42 Å². The van der Waals surface area contributed by atoms with Crippen molar-refractivity contribution in [2.45, 2.75) is 38.0 Å². The summed E-state index contributed by atoms with van der Waals surface area (Å²) < 4.78 is 24.2. The van der Waals surface area contributed by atoms with Gasteiger partial charge in [-0.05, 0) is 50.4 Å². The Bertz CT molecular complexity index is 658. The minimum atomic E-state index is -3.40. The quantitative estimate of drug-likeness (QED) is 0.765. The highest BCUT2D eigenvalue weighted by molar-refractivity contribution is 7.91. The van der Waals surface area contributed by atoms with E-state index >= 15 is 0 Å². The van der Waals surface area contributed by atoms with E-state index in [1.807, 2.05) is 0 Å². The van der Waals surface area contributed by atoms with Crippen molar-refractivity contribution >= 4 is 15.7 Å². The molecule has 1 saturated heterocycles. The molecule has 1 aliphatic rings. The molecule has 24 heavy (non-hydrogen) atoms. The maximum absolute atomic E-state index is 12.3. The fourth-order valence-corrected chi connectivity index (χ4v) is 4.26. The second kappa shape index (κ2) is 8.62. The first-order chi connectivity index (χ1) is 11.4. The number of hydrogen-bond donors (Lipinski definition) is 1. The SMILES string of the molecule is CCS(=O)(=O)c1ccccc1C(=O)NCCCN1CCCC(C)C1. The van der Waals surface area contributed by atoms with E-state index in [9.17, 15) is 13.2 Å². The Hall–Kier alpha value is -1.40.